The minimum absolute atomic E-state index is 0.0361. The van der Waals surface area contributed by atoms with E-state index < -0.39 is 0 Å². The van der Waals surface area contributed by atoms with Crippen LogP contribution >= 0.6 is 0 Å². The lowest BCUT2D eigenvalue weighted by Gasteiger charge is -2.20. The summed E-state index contributed by atoms with van der Waals surface area (Å²) < 4.78 is 11.2. The number of anilines is 1. The zero-order chi connectivity index (χ0) is 14.1. The fourth-order valence-corrected chi connectivity index (χ4v) is 1.79. The van der Waals surface area contributed by atoms with Gasteiger partial charge in [-0.1, -0.05) is 13.0 Å². The number of hydrogen-bond acceptors (Lipinski definition) is 4. The minimum atomic E-state index is 0.0361. The summed E-state index contributed by atoms with van der Waals surface area (Å²) in [5.41, 5.74) is 1.13. The molecule has 0 aliphatic heterocycles. The van der Waals surface area contributed by atoms with Crippen molar-refractivity contribution in [1.82, 2.24) is 5.32 Å². The van der Waals surface area contributed by atoms with Crippen molar-refractivity contribution in [3.8, 4) is 5.75 Å². The van der Waals surface area contributed by atoms with E-state index in [0.29, 0.717) is 6.61 Å². The van der Waals surface area contributed by atoms with Gasteiger partial charge in [0.05, 0.1) is 6.61 Å². The number of nitrogens with zero attached hydrogens (tertiary/aromatic N) is 1. The van der Waals surface area contributed by atoms with Gasteiger partial charge in [-0.25, -0.2) is 0 Å². The smallest absolute Gasteiger partial charge is 0.134 e. The third-order valence-electron chi connectivity index (χ3n) is 2.79. The van der Waals surface area contributed by atoms with Crippen LogP contribution in [0.2, 0.25) is 0 Å². The summed E-state index contributed by atoms with van der Waals surface area (Å²) in [7, 11) is 5.75. The summed E-state index contributed by atoms with van der Waals surface area (Å²) in [5, 5.41) is 3.36. The lowest BCUT2D eigenvalue weighted by Crippen LogP contribution is -2.35. The van der Waals surface area contributed by atoms with Crippen LogP contribution in [0.4, 0.5) is 5.69 Å². The number of rotatable bonds is 9. The van der Waals surface area contributed by atoms with Crippen molar-refractivity contribution in [2.45, 2.75) is 19.4 Å². The molecule has 0 radical (unpaired) electrons. The van der Waals surface area contributed by atoms with E-state index in [0.717, 1.165) is 30.9 Å². The average Bonchev–Trinajstić information content (AvgIpc) is 2.39. The maximum Gasteiger partial charge on any atom is 0.134 e. The van der Waals surface area contributed by atoms with Crippen molar-refractivity contribution in [2.24, 2.45) is 0 Å². The highest BCUT2D eigenvalue weighted by molar-refractivity contribution is 5.49. The van der Waals surface area contributed by atoms with Gasteiger partial charge < -0.3 is 19.7 Å². The molecule has 0 aliphatic carbocycles. The molecule has 0 fully saturated rings. The van der Waals surface area contributed by atoms with Crippen LogP contribution in [0, 0.1) is 0 Å². The van der Waals surface area contributed by atoms with E-state index >= 15 is 0 Å². The first kappa shape index (κ1) is 15.8. The molecule has 4 nitrogen and oxygen atoms in total. The quantitative estimate of drug-likeness (QED) is 0.694. The van der Waals surface area contributed by atoms with Gasteiger partial charge in [0, 0.05) is 39.5 Å². The summed E-state index contributed by atoms with van der Waals surface area (Å²) in [6, 6.07) is 8.10. The SMILES string of the molecule is CCCNCC(COC)Oc1cccc(N(C)C)c1. The van der Waals surface area contributed by atoms with Gasteiger partial charge in [-0.3, -0.25) is 0 Å². The molecule has 1 aromatic rings. The Kier molecular flexibility index (Phi) is 7.30. The molecule has 0 heterocycles. The van der Waals surface area contributed by atoms with E-state index in [2.05, 4.69) is 23.2 Å². The monoisotopic (exact) mass is 266 g/mol. The number of benzene rings is 1. The van der Waals surface area contributed by atoms with Crippen molar-refractivity contribution < 1.29 is 9.47 Å². The highest BCUT2D eigenvalue weighted by Gasteiger charge is 2.10. The highest BCUT2D eigenvalue weighted by Crippen LogP contribution is 2.20. The van der Waals surface area contributed by atoms with Gasteiger partial charge in [-0.2, -0.15) is 0 Å². The van der Waals surface area contributed by atoms with Crippen molar-refractivity contribution in [2.75, 3.05) is 45.8 Å². The Balaban J connectivity index is 2.59. The fraction of sp³-hybridized carbons (Fsp3) is 0.600. The molecule has 0 spiro atoms. The summed E-state index contributed by atoms with van der Waals surface area (Å²) >= 11 is 0. The zero-order valence-electron chi connectivity index (χ0n) is 12.5. The molecular weight excluding hydrogens is 240 g/mol. The second-order valence-corrected chi connectivity index (χ2v) is 4.79. The number of methoxy groups -OCH3 is 1. The molecular formula is C15H26N2O2. The van der Waals surface area contributed by atoms with E-state index in [1.54, 1.807) is 7.11 Å². The lowest BCUT2D eigenvalue weighted by atomic mass is 10.2. The molecule has 0 bridgehead atoms. The normalized spacial score (nSPS) is 12.2. The van der Waals surface area contributed by atoms with E-state index in [1.165, 1.54) is 0 Å². The zero-order valence-corrected chi connectivity index (χ0v) is 12.5. The number of ether oxygens (including phenoxy) is 2. The van der Waals surface area contributed by atoms with Crippen LogP contribution in [-0.2, 0) is 4.74 Å². The van der Waals surface area contributed by atoms with E-state index in [-0.39, 0.29) is 6.10 Å². The molecule has 0 aromatic heterocycles. The number of hydrogen-bond donors (Lipinski definition) is 1. The molecule has 1 atom stereocenters. The second kappa shape index (κ2) is 8.77. The van der Waals surface area contributed by atoms with Gasteiger partial charge in [0.15, 0.2) is 0 Å². The Morgan fingerprint density at radius 3 is 2.74 bits per heavy atom. The maximum atomic E-state index is 5.98. The third kappa shape index (κ3) is 5.94. The lowest BCUT2D eigenvalue weighted by molar-refractivity contribution is 0.0808. The van der Waals surface area contributed by atoms with Crippen molar-refractivity contribution in [1.29, 1.82) is 0 Å². The maximum absolute atomic E-state index is 5.98. The van der Waals surface area contributed by atoms with Gasteiger partial charge in [-0.15, -0.1) is 0 Å². The molecule has 0 aliphatic rings. The number of nitrogens with one attached hydrogen (secondary N) is 1. The van der Waals surface area contributed by atoms with Crippen LogP contribution in [0.1, 0.15) is 13.3 Å². The average molecular weight is 266 g/mol. The first-order valence-electron chi connectivity index (χ1n) is 6.81. The molecule has 0 amide bonds. The second-order valence-electron chi connectivity index (χ2n) is 4.79. The topological polar surface area (TPSA) is 33.7 Å². The summed E-state index contributed by atoms with van der Waals surface area (Å²) in [6.45, 7) is 4.54. The summed E-state index contributed by atoms with van der Waals surface area (Å²) in [6.07, 6.45) is 1.16. The third-order valence-corrected chi connectivity index (χ3v) is 2.79. The van der Waals surface area contributed by atoms with E-state index in [1.807, 2.05) is 32.3 Å². The Hall–Kier alpha value is -1.26. The molecule has 0 saturated heterocycles. The predicted octanol–water partition coefficient (Wildman–Crippen LogP) is 2.15. The highest BCUT2D eigenvalue weighted by atomic mass is 16.5. The fourth-order valence-electron chi connectivity index (χ4n) is 1.79. The molecule has 0 saturated carbocycles. The van der Waals surface area contributed by atoms with Gasteiger partial charge in [0.25, 0.3) is 0 Å². The van der Waals surface area contributed by atoms with E-state index in [9.17, 15) is 0 Å². The van der Waals surface area contributed by atoms with Gasteiger partial charge in [-0.05, 0) is 25.1 Å². The van der Waals surface area contributed by atoms with Crippen LogP contribution in [0.5, 0.6) is 5.75 Å². The summed E-state index contributed by atoms with van der Waals surface area (Å²) in [4.78, 5) is 2.06. The van der Waals surface area contributed by atoms with Crippen molar-refractivity contribution in [3.63, 3.8) is 0 Å². The molecule has 1 aromatic carbocycles. The molecule has 19 heavy (non-hydrogen) atoms. The largest absolute Gasteiger partial charge is 0.487 e. The Labute approximate surface area is 116 Å². The van der Waals surface area contributed by atoms with Crippen LogP contribution in [0.3, 0.4) is 0 Å². The van der Waals surface area contributed by atoms with Gasteiger partial charge in [0.1, 0.15) is 11.9 Å². The van der Waals surface area contributed by atoms with Crippen molar-refractivity contribution in [3.05, 3.63) is 24.3 Å². The van der Waals surface area contributed by atoms with Gasteiger partial charge in [0.2, 0.25) is 0 Å². The first-order valence-corrected chi connectivity index (χ1v) is 6.81. The van der Waals surface area contributed by atoms with Gasteiger partial charge >= 0.3 is 0 Å². The molecule has 1 N–H and O–H groups in total. The molecule has 1 unspecified atom stereocenters. The standard InChI is InChI=1S/C15H26N2O2/c1-5-9-16-11-15(12-18-4)19-14-8-6-7-13(10-14)17(2)3/h6-8,10,15-16H,5,9,11-12H2,1-4H3. The van der Waals surface area contributed by atoms with Crippen LogP contribution in [0.25, 0.3) is 0 Å². The Bertz CT molecular complexity index is 356. The van der Waals surface area contributed by atoms with Crippen LogP contribution in [-0.4, -0.2) is 47.0 Å². The summed E-state index contributed by atoms with van der Waals surface area (Å²) in [5.74, 6) is 0.881. The van der Waals surface area contributed by atoms with Crippen LogP contribution in [0.15, 0.2) is 24.3 Å². The van der Waals surface area contributed by atoms with E-state index in [4.69, 9.17) is 9.47 Å². The molecule has 4 heteroatoms. The Morgan fingerprint density at radius 1 is 1.32 bits per heavy atom. The first-order chi connectivity index (χ1) is 9.17. The molecule has 1 rings (SSSR count). The molecule has 108 valence electrons. The Morgan fingerprint density at radius 2 is 2.11 bits per heavy atom. The predicted molar refractivity (Wildman–Crippen MR) is 80.2 cm³/mol. The van der Waals surface area contributed by atoms with Crippen molar-refractivity contribution >= 4 is 5.69 Å². The van der Waals surface area contributed by atoms with Crippen LogP contribution < -0.4 is 15.0 Å². The minimum Gasteiger partial charge on any atom is -0.487 e.